The third kappa shape index (κ3) is 4.21. The summed E-state index contributed by atoms with van der Waals surface area (Å²) in [4.78, 5) is 26.8. The van der Waals surface area contributed by atoms with Crippen molar-refractivity contribution in [2.45, 2.75) is 75.3 Å². The Morgan fingerprint density at radius 3 is 2.70 bits per heavy atom. The molecule has 162 valence electrons. The number of esters is 1. The molecule has 1 atom stereocenters. The maximum atomic E-state index is 12.7. The third-order valence-electron chi connectivity index (χ3n) is 5.94. The van der Waals surface area contributed by atoms with Crippen molar-refractivity contribution >= 4 is 33.4 Å². The standard InChI is InChI=1S/C21H27N3O5S/c1-14(20(25)22-16-7-4-5-8-16)29-21(26)15-10-11-17-18(13-15)30(27,28)23-19-9-3-2-6-12-24(17)19/h10-11,13-14,16H,2-9,12H2,1H3,(H,22,25). The fraction of sp³-hybridized carbons (Fsp3) is 0.571. The molecule has 1 unspecified atom stereocenters. The SMILES string of the molecule is CC(OC(=O)c1ccc2c(c1)S(=O)(=O)N=C1CCCCCN12)C(=O)NC1CCCC1. The van der Waals surface area contributed by atoms with Gasteiger partial charge in [0.05, 0.1) is 11.3 Å². The molecule has 0 bridgehead atoms. The molecule has 2 fully saturated rings. The molecule has 1 aliphatic carbocycles. The molecule has 9 heteroatoms. The summed E-state index contributed by atoms with van der Waals surface area (Å²) < 4.78 is 34.7. The second-order valence-corrected chi connectivity index (χ2v) is 9.74. The van der Waals surface area contributed by atoms with Crippen molar-refractivity contribution in [2.24, 2.45) is 4.40 Å². The van der Waals surface area contributed by atoms with Crippen LogP contribution in [0.4, 0.5) is 5.69 Å². The number of carbonyl (C=O) groups is 2. The van der Waals surface area contributed by atoms with Gasteiger partial charge in [-0.15, -0.1) is 4.40 Å². The topological polar surface area (TPSA) is 105 Å². The van der Waals surface area contributed by atoms with Gasteiger partial charge in [-0.25, -0.2) is 4.79 Å². The molecule has 2 heterocycles. The Bertz CT molecular complexity index is 982. The van der Waals surface area contributed by atoms with Gasteiger partial charge in [-0.3, -0.25) is 4.79 Å². The number of nitrogens with zero attached hydrogens (tertiary/aromatic N) is 2. The predicted octanol–water partition coefficient (Wildman–Crippen LogP) is 2.77. The number of nitrogens with one attached hydrogen (secondary N) is 1. The van der Waals surface area contributed by atoms with Crippen LogP contribution in [0, 0.1) is 0 Å². The summed E-state index contributed by atoms with van der Waals surface area (Å²) >= 11 is 0. The molecule has 1 saturated heterocycles. The van der Waals surface area contributed by atoms with Gasteiger partial charge < -0.3 is 15.0 Å². The molecule has 3 aliphatic rings. The second-order valence-electron chi connectivity index (χ2n) is 8.16. The van der Waals surface area contributed by atoms with Crippen LogP contribution in [0.25, 0.3) is 0 Å². The lowest BCUT2D eigenvalue weighted by Gasteiger charge is -2.29. The van der Waals surface area contributed by atoms with Crippen molar-refractivity contribution in [2.75, 3.05) is 11.4 Å². The molecule has 30 heavy (non-hydrogen) atoms. The zero-order valence-electron chi connectivity index (χ0n) is 17.1. The van der Waals surface area contributed by atoms with Gasteiger partial charge >= 0.3 is 5.97 Å². The number of hydrogen-bond acceptors (Lipinski definition) is 6. The number of hydrogen-bond donors (Lipinski definition) is 1. The van der Waals surface area contributed by atoms with Gasteiger partial charge in [0.25, 0.3) is 15.9 Å². The summed E-state index contributed by atoms with van der Waals surface area (Å²) in [5.41, 5.74) is 0.636. The van der Waals surface area contributed by atoms with Crippen LogP contribution in [0.15, 0.2) is 27.5 Å². The average molecular weight is 434 g/mol. The van der Waals surface area contributed by atoms with Crippen molar-refractivity contribution in [3.63, 3.8) is 0 Å². The first-order valence-electron chi connectivity index (χ1n) is 10.6. The molecule has 1 aromatic carbocycles. The van der Waals surface area contributed by atoms with Crippen LogP contribution in [0.1, 0.15) is 68.6 Å². The molecular weight excluding hydrogens is 406 g/mol. The van der Waals surface area contributed by atoms with E-state index in [0.717, 1.165) is 44.9 Å². The Labute approximate surface area is 176 Å². The van der Waals surface area contributed by atoms with Crippen LogP contribution in [-0.2, 0) is 19.6 Å². The van der Waals surface area contributed by atoms with Crippen molar-refractivity contribution in [3.8, 4) is 0 Å². The maximum absolute atomic E-state index is 12.7. The molecule has 0 spiro atoms. The first-order chi connectivity index (χ1) is 14.3. The summed E-state index contributed by atoms with van der Waals surface area (Å²) in [5, 5.41) is 2.90. The van der Waals surface area contributed by atoms with Crippen LogP contribution in [-0.4, -0.2) is 44.8 Å². The van der Waals surface area contributed by atoms with E-state index in [1.165, 1.54) is 13.0 Å². The molecule has 2 aliphatic heterocycles. The Balaban J connectivity index is 1.51. The minimum Gasteiger partial charge on any atom is -0.449 e. The lowest BCUT2D eigenvalue weighted by atomic mass is 10.1. The number of benzene rings is 1. The Kier molecular flexibility index (Phi) is 5.81. The molecular formula is C21H27N3O5S. The number of rotatable bonds is 4. The first kappa shape index (κ1) is 20.8. The fourth-order valence-corrected chi connectivity index (χ4v) is 5.56. The van der Waals surface area contributed by atoms with E-state index in [-0.39, 0.29) is 22.4 Å². The number of amides is 1. The number of fused-ring (bicyclic) bond motifs is 3. The van der Waals surface area contributed by atoms with Gasteiger partial charge in [-0.1, -0.05) is 19.3 Å². The molecule has 1 aromatic rings. The number of amidine groups is 1. The van der Waals surface area contributed by atoms with E-state index < -0.39 is 22.1 Å². The summed E-state index contributed by atoms with van der Waals surface area (Å²) in [6.07, 6.45) is 6.60. The highest BCUT2D eigenvalue weighted by Gasteiger charge is 2.32. The first-order valence-corrected chi connectivity index (χ1v) is 12.1. The minimum atomic E-state index is -3.89. The van der Waals surface area contributed by atoms with Crippen molar-refractivity contribution in [1.82, 2.24) is 5.32 Å². The number of anilines is 1. The van der Waals surface area contributed by atoms with E-state index in [2.05, 4.69) is 9.71 Å². The van der Waals surface area contributed by atoms with Gasteiger partial charge in [-0.05, 0) is 50.8 Å². The van der Waals surface area contributed by atoms with Gasteiger partial charge in [0.1, 0.15) is 10.7 Å². The van der Waals surface area contributed by atoms with Gasteiger partial charge in [0.2, 0.25) is 0 Å². The van der Waals surface area contributed by atoms with Crippen LogP contribution in [0.5, 0.6) is 0 Å². The monoisotopic (exact) mass is 433 g/mol. The molecule has 1 N–H and O–H groups in total. The van der Waals surface area contributed by atoms with E-state index >= 15 is 0 Å². The number of ether oxygens (including phenoxy) is 1. The maximum Gasteiger partial charge on any atom is 0.338 e. The number of sulfonamides is 1. The third-order valence-corrected chi connectivity index (χ3v) is 7.27. The second kappa shape index (κ2) is 8.37. The minimum absolute atomic E-state index is 0.00524. The highest BCUT2D eigenvalue weighted by molar-refractivity contribution is 7.90. The van der Waals surface area contributed by atoms with Crippen LogP contribution >= 0.6 is 0 Å². The summed E-state index contributed by atoms with van der Waals surface area (Å²) in [7, 11) is -3.89. The largest absolute Gasteiger partial charge is 0.449 e. The van der Waals surface area contributed by atoms with E-state index in [0.29, 0.717) is 24.5 Å². The van der Waals surface area contributed by atoms with E-state index in [1.807, 2.05) is 4.90 Å². The van der Waals surface area contributed by atoms with Crippen molar-refractivity contribution < 1.29 is 22.7 Å². The molecule has 0 aromatic heterocycles. The zero-order chi connectivity index (χ0) is 21.3. The molecule has 0 radical (unpaired) electrons. The Morgan fingerprint density at radius 1 is 1.17 bits per heavy atom. The summed E-state index contributed by atoms with van der Waals surface area (Å²) in [6.45, 7) is 2.22. The lowest BCUT2D eigenvalue weighted by Crippen LogP contribution is -2.40. The highest BCUT2D eigenvalue weighted by Crippen LogP contribution is 2.35. The van der Waals surface area contributed by atoms with E-state index in [4.69, 9.17) is 4.74 Å². The molecule has 8 nitrogen and oxygen atoms in total. The molecule has 4 rings (SSSR count). The quantitative estimate of drug-likeness (QED) is 0.732. The van der Waals surface area contributed by atoms with Gasteiger partial charge in [0.15, 0.2) is 6.10 Å². The highest BCUT2D eigenvalue weighted by atomic mass is 32.2. The van der Waals surface area contributed by atoms with Crippen LogP contribution in [0.3, 0.4) is 0 Å². The molecule has 1 saturated carbocycles. The van der Waals surface area contributed by atoms with Crippen LogP contribution < -0.4 is 10.2 Å². The average Bonchev–Trinajstić information content (AvgIpc) is 3.11. The van der Waals surface area contributed by atoms with Crippen molar-refractivity contribution in [1.29, 1.82) is 0 Å². The van der Waals surface area contributed by atoms with E-state index in [9.17, 15) is 18.0 Å². The fourth-order valence-electron chi connectivity index (χ4n) is 4.28. The Morgan fingerprint density at radius 2 is 1.93 bits per heavy atom. The smallest absolute Gasteiger partial charge is 0.338 e. The number of carbonyl (C=O) groups excluding carboxylic acids is 2. The van der Waals surface area contributed by atoms with Gasteiger partial charge in [-0.2, -0.15) is 8.42 Å². The summed E-state index contributed by atoms with van der Waals surface area (Å²) in [5.74, 6) is -0.500. The predicted molar refractivity (Wildman–Crippen MR) is 112 cm³/mol. The van der Waals surface area contributed by atoms with Crippen molar-refractivity contribution in [3.05, 3.63) is 23.8 Å². The summed E-state index contributed by atoms with van der Waals surface area (Å²) in [6, 6.07) is 4.62. The molecule has 1 amide bonds. The lowest BCUT2D eigenvalue weighted by molar-refractivity contribution is -0.129. The van der Waals surface area contributed by atoms with Crippen LogP contribution in [0.2, 0.25) is 0 Å². The zero-order valence-corrected chi connectivity index (χ0v) is 17.9. The van der Waals surface area contributed by atoms with Gasteiger partial charge in [0, 0.05) is 19.0 Å². The Hall–Kier alpha value is -2.42. The van der Waals surface area contributed by atoms with E-state index in [1.54, 1.807) is 12.1 Å². The normalized spacial score (nSPS) is 21.6.